The van der Waals surface area contributed by atoms with Crippen LogP contribution in [-0.4, -0.2) is 13.2 Å². The van der Waals surface area contributed by atoms with Crippen LogP contribution in [-0.2, 0) is 4.74 Å². The predicted molar refractivity (Wildman–Crippen MR) is 63.7 cm³/mol. The molecule has 0 aliphatic heterocycles. The Balaban J connectivity index is 2.17. The van der Waals surface area contributed by atoms with Crippen LogP contribution in [0.15, 0.2) is 35.9 Å². The molecule has 2 rings (SSSR count). The van der Waals surface area contributed by atoms with Gasteiger partial charge in [-0.1, -0.05) is 42.8 Å². The first-order chi connectivity index (χ1) is 7.40. The molecule has 1 unspecified atom stereocenters. The van der Waals surface area contributed by atoms with E-state index in [0.29, 0.717) is 6.10 Å². The van der Waals surface area contributed by atoms with Gasteiger partial charge in [0.15, 0.2) is 0 Å². The first kappa shape index (κ1) is 10.4. The maximum atomic E-state index is 5.51. The summed E-state index contributed by atoms with van der Waals surface area (Å²) < 4.78 is 5.51. The largest absolute Gasteiger partial charge is 0.377 e. The standard InChI is InChI=1S/C14H18O/c1-15-14-10-6-5-9-13(14)11-12-7-3-2-4-8-12/h2-4,7-8,11,14H,5-6,9-10H2,1H3. The van der Waals surface area contributed by atoms with Gasteiger partial charge in [-0.2, -0.15) is 0 Å². The van der Waals surface area contributed by atoms with Gasteiger partial charge in [0, 0.05) is 7.11 Å². The van der Waals surface area contributed by atoms with Gasteiger partial charge in [-0.25, -0.2) is 0 Å². The van der Waals surface area contributed by atoms with Crippen LogP contribution in [0.25, 0.3) is 6.08 Å². The van der Waals surface area contributed by atoms with Crippen LogP contribution in [0.5, 0.6) is 0 Å². The summed E-state index contributed by atoms with van der Waals surface area (Å²) in [5.41, 5.74) is 2.74. The number of benzene rings is 1. The third kappa shape index (κ3) is 2.69. The number of hydrogen-bond acceptors (Lipinski definition) is 1. The van der Waals surface area contributed by atoms with Crippen molar-refractivity contribution in [3.63, 3.8) is 0 Å². The van der Waals surface area contributed by atoms with Gasteiger partial charge in [0.05, 0.1) is 6.10 Å². The van der Waals surface area contributed by atoms with Crippen molar-refractivity contribution in [1.29, 1.82) is 0 Å². The molecule has 1 fully saturated rings. The Morgan fingerprint density at radius 3 is 2.73 bits per heavy atom. The van der Waals surface area contributed by atoms with E-state index in [9.17, 15) is 0 Å². The molecule has 1 aliphatic rings. The Morgan fingerprint density at radius 1 is 1.20 bits per heavy atom. The lowest BCUT2D eigenvalue weighted by Crippen LogP contribution is -2.17. The van der Waals surface area contributed by atoms with E-state index >= 15 is 0 Å². The summed E-state index contributed by atoms with van der Waals surface area (Å²) in [6.07, 6.45) is 7.60. The molecule has 0 bridgehead atoms. The van der Waals surface area contributed by atoms with Crippen LogP contribution < -0.4 is 0 Å². The zero-order chi connectivity index (χ0) is 10.5. The lowest BCUT2D eigenvalue weighted by Gasteiger charge is -2.24. The molecule has 0 amide bonds. The smallest absolute Gasteiger partial charge is 0.0784 e. The normalized spacial score (nSPS) is 24.3. The van der Waals surface area contributed by atoms with Crippen molar-refractivity contribution in [2.24, 2.45) is 0 Å². The molecule has 0 saturated heterocycles. The van der Waals surface area contributed by atoms with E-state index < -0.39 is 0 Å². The van der Waals surface area contributed by atoms with Gasteiger partial charge in [-0.3, -0.25) is 0 Å². The second-order valence-corrected chi connectivity index (χ2v) is 4.10. The third-order valence-electron chi connectivity index (χ3n) is 3.03. The molecular weight excluding hydrogens is 184 g/mol. The van der Waals surface area contributed by atoms with Crippen molar-refractivity contribution >= 4 is 6.08 Å². The van der Waals surface area contributed by atoms with Gasteiger partial charge in [0.1, 0.15) is 0 Å². The first-order valence-electron chi connectivity index (χ1n) is 5.68. The van der Waals surface area contributed by atoms with E-state index in [1.165, 1.54) is 36.8 Å². The molecule has 0 spiro atoms. The van der Waals surface area contributed by atoms with E-state index in [0.717, 1.165) is 0 Å². The molecule has 1 aliphatic carbocycles. The number of ether oxygens (including phenoxy) is 1. The third-order valence-corrected chi connectivity index (χ3v) is 3.03. The fourth-order valence-electron chi connectivity index (χ4n) is 2.20. The lowest BCUT2D eigenvalue weighted by molar-refractivity contribution is 0.110. The molecule has 0 heterocycles. The molecule has 1 nitrogen and oxygen atoms in total. The van der Waals surface area contributed by atoms with E-state index in [1.807, 2.05) is 7.11 Å². The lowest BCUT2D eigenvalue weighted by atomic mass is 9.90. The second-order valence-electron chi connectivity index (χ2n) is 4.10. The molecule has 0 radical (unpaired) electrons. The van der Waals surface area contributed by atoms with Crippen LogP contribution in [0.1, 0.15) is 31.2 Å². The molecular formula is C14H18O. The van der Waals surface area contributed by atoms with E-state index in [2.05, 4.69) is 36.4 Å². The summed E-state index contributed by atoms with van der Waals surface area (Å²) >= 11 is 0. The highest BCUT2D eigenvalue weighted by molar-refractivity contribution is 5.53. The van der Waals surface area contributed by atoms with Crippen LogP contribution >= 0.6 is 0 Å². The first-order valence-corrected chi connectivity index (χ1v) is 5.68. The Hall–Kier alpha value is -1.08. The fourth-order valence-corrected chi connectivity index (χ4v) is 2.20. The van der Waals surface area contributed by atoms with E-state index in [4.69, 9.17) is 4.74 Å². The minimum absolute atomic E-state index is 0.346. The highest BCUT2D eigenvalue weighted by atomic mass is 16.5. The maximum absolute atomic E-state index is 5.51. The Kier molecular flexibility index (Phi) is 3.57. The molecule has 0 aromatic heterocycles. The molecule has 1 aromatic carbocycles. The number of hydrogen-bond donors (Lipinski definition) is 0. The van der Waals surface area contributed by atoms with E-state index in [-0.39, 0.29) is 0 Å². The highest BCUT2D eigenvalue weighted by Crippen LogP contribution is 2.27. The number of methoxy groups -OCH3 is 1. The molecule has 1 aromatic rings. The molecule has 1 saturated carbocycles. The summed E-state index contributed by atoms with van der Waals surface area (Å²) in [6, 6.07) is 10.5. The average Bonchev–Trinajstić information content (AvgIpc) is 2.31. The summed E-state index contributed by atoms with van der Waals surface area (Å²) in [5.74, 6) is 0. The quantitative estimate of drug-likeness (QED) is 0.711. The summed E-state index contributed by atoms with van der Waals surface area (Å²) in [4.78, 5) is 0. The SMILES string of the molecule is COC1CCCCC1=Cc1ccccc1. The van der Waals surface area contributed by atoms with Gasteiger partial charge >= 0.3 is 0 Å². The summed E-state index contributed by atoms with van der Waals surface area (Å²) in [7, 11) is 1.81. The Labute approximate surface area is 91.8 Å². The van der Waals surface area contributed by atoms with Crippen molar-refractivity contribution < 1.29 is 4.74 Å². The Bertz CT molecular complexity index is 326. The predicted octanol–water partition coefficient (Wildman–Crippen LogP) is 3.66. The van der Waals surface area contributed by atoms with E-state index in [1.54, 1.807) is 0 Å². The van der Waals surface area contributed by atoms with Crippen LogP contribution in [0.2, 0.25) is 0 Å². The zero-order valence-electron chi connectivity index (χ0n) is 9.28. The topological polar surface area (TPSA) is 9.23 Å². The van der Waals surface area contributed by atoms with Crippen molar-refractivity contribution in [1.82, 2.24) is 0 Å². The monoisotopic (exact) mass is 202 g/mol. The van der Waals surface area contributed by atoms with Crippen molar-refractivity contribution in [3.05, 3.63) is 41.5 Å². The average molecular weight is 202 g/mol. The maximum Gasteiger partial charge on any atom is 0.0784 e. The Morgan fingerprint density at radius 2 is 2.00 bits per heavy atom. The molecule has 80 valence electrons. The van der Waals surface area contributed by atoms with Gasteiger partial charge in [-0.15, -0.1) is 0 Å². The molecule has 15 heavy (non-hydrogen) atoms. The summed E-state index contributed by atoms with van der Waals surface area (Å²) in [5, 5.41) is 0. The van der Waals surface area contributed by atoms with Crippen LogP contribution in [0.4, 0.5) is 0 Å². The number of rotatable bonds is 2. The second kappa shape index (κ2) is 5.13. The minimum atomic E-state index is 0.346. The van der Waals surface area contributed by atoms with Crippen LogP contribution in [0, 0.1) is 0 Å². The van der Waals surface area contributed by atoms with Crippen molar-refractivity contribution in [2.75, 3.05) is 7.11 Å². The highest BCUT2D eigenvalue weighted by Gasteiger charge is 2.17. The molecule has 0 N–H and O–H groups in total. The van der Waals surface area contributed by atoms with Gasteiger partial charge < -0.3 is 4.74 Å². The van der Waals surface area contributed by atoms with Crippen molar-refractivity contribution in [2.45, 2.75) is 31.8 Å². The summed E-state index contributed by atoms with van der Waals surface area (Å²) in [6.45, 7) is 0. The molecule has 1 atom stereocenters. The van der Waals surface area contributed by atoms with Gasteiger partial charge in [0.2, 0.25) is 0 Å². The molecule has 1 heteroatoms. The van der Waals surface area contributed by atoms with Gasteiger partial charge in [0.25, 0.3) is 0 Å². The van der Waals surface area contributed by atoms with Crippen LogP contribution in [0.3, 0.4) is 0 Å². The fraction of sp³-hybridized carbons (Fsp3) is 0.429. The van der Waals surface area contributed by atoms with Crippen molar-refractivity contribution in [3.8, 4) is 0 Å². The minimum Gasteiger partial charge on any atom is -0.377 e. The zero-order valence-corrected chi connectivity index (χ0v) is 9.28. The van der Waals surface area contributed by atoms with Gasteiger partial charge in [-0.05, 0) is 30.4 Å².